The zero-order valence-electron chi connectivity index (χ0n) is 9.67. The van der Waals surface area contributed by atoms with Crippen LogP contribution in [0.15, 0.2) is 34.9 Å². The predicted octanol–water partition coefficient (Wildman–Crippen LogP) is 1.25. The minimum atomic E-state index is -0.121. The molecule has 2 N–H and O–H groups in total. The first-order valence-corrected chi connectivity index (χ1v) is 5.42. The Labute approximate surface area is 99.6 Å². The number of rotatable bonds is 5. The summed E-state index contributed by atoms with van der Waals surface area (Å²) in [6.45, 7) is 0.475. The van der Waals surface area contributed by atoms with E-state index < -0.39 is 0 Å². The molecule has 1 heterocycles. The molecule has 0 aliphatic carbocycles. The van der Waals surface area contributed by atoms with Crippen LogP contribution in [0.2, 0.25) is 0 Å². The molecule has 1 aromatic heterocycles. The quantitative estimate of drug-likeness (QED) is 0.841. The van der Waals surface area contributed by atoms with Crippen LogP contribution in [0.3, 0.4) is 0 Å². The lowest BCUT2D eigenvalue weighted by molar-refractivity contribution is 0.176. The van der Waals surface area contributed by atoms with Crippen molar-refractivity contribution < 1.29 is 9.26 Å². The van der Waals surface area contributed by atoms with Gasteiger partial charge < -0.3 is 15.0 Å². The van der Waals surface area contributed by atoms with Crippen molar-refractivity contribution in [3.8, 4) is 11.4 Å². The van der Waals surface area contributed by atoms with Gasteiger partial charge in [-0.25, -0.2) is 0 Å². The fourth-order valence-corrected chi connectivity index (χ4v) is 1.54. The molecule has 2 rings (SSSR count). The molecule has 0 fully saturated rings. The fraction of sp³-hybridized carbons (Fsp3) is 0.333. The average Bonchev–Trinajstić information content (AvgIpc) is 2.79. The van der Waals surface area contributed by atoms with Crippen LogP contribution in [0.25, 0.3) is 11.4 Å². The topological polar surface area (TPSA) is 74.2 Å². The molecule has 0 aliphatic rings. The van der Waals surface area contributed by atoms with Crippen LogP contribution in [-0.4, -0.2) is 29.9 Å². The monoisotopic (exact) mass is 233 g/mol. The summed E-state index contributed by atoms with van der Waals surface area (Å²) in [6.07, 6.45) is 0.522. The largest absolute Gasteiger partial charge is 0.383 e. The molecule has 0 aliphatic heterocycles. The van der Waals surface area contributed by atoms with Crippen LogP contribution in [0, 0.1) is 0 Å². The van der Waals surface area contributed by atoms with Crippen molar-refractivity contribution in [3.63, 3.8) is 0 Å². The van der Waals surface area contributed by atoms with E-state index in [1.807, 2.05) is 30.3 Å². The highest BCUT2D eigenvalue weighted by Crippen LogP contribution is 2.15. The van der Waals surface area contributed by atoms with E-state index in [-0.39, 0.29) is 6.04 Å². The summed E-state index contributed by atoms with van der Waals surface area (Å²) in [5, 5.41) is 3.92. The Kier molecular flexibility index (Phi) is 3.85. The Bertz CT molecular complexity index is 456. The first kappa shape index (κ1) is 11.8. The molecule has 0 saturated carbocycles. The van der Waals surface area contributed by atoms with Gasteiger partial charge in [-0.2, -0.15) is 4.98 Å². The van der Waals surface area contributed by atoms with Crippen LogP contribution in [0.4, 0.5) is 0 Å². The lowest BCUT2D eigenvalue weighted by Gasteiger charge is -2.05. The lowest BCUT2D eigenvalue weighted by atomic mass is 10.2. The zero-order chi connectivity index (χ0) is 12.1. The molecule has 1 unspecified atom stereocenters. The van der Waals surface area contributed by atoms with Crippen LogP contribution in [0.1, 0.15) is 5.89 Å². The molecular weight excluding hydrogens is 218 g/mol. The van der Waals surface area contributed by atoms with Crippen LogP contribution < -0.4 is 5.73 Å². The highest BCUT2D eigenvalue weighted by molar-refractivity contribution is 5.53. The fourth-order valence-electron chi connectivity index (χ4n) is 1.54. The third kappa shape index (κ3) is 3.12. The van der Waals surface area contributed by atoms with Crippen LogP contribution in [0.5, 0.6) is 0 Å². The van der Waals surface area contributed by atoms with Gasteiger partial charge in [0.05, 0.1) is 6.61 Å². The summed E-state index contributed by atoms with van der Waals surface area (Å²) in [6, 6.07) is 9.56. The van der Waals surface area contributed by atoms with E-state index in [1.54, 1.807) is 7.11 Å². The maximum absolute atomic E-state index is 5.81. The van der Waals surface area contributed by atoms with Crippen LogP contribution in [-0.2, 0) is 11.2 Å². The van der Waals surface area contributed by atoms with Crippen molar-refractivity contribution >= 4 is 0 Å². The number of ether oxygens (including phenoxy) is 1. The summed E-state index contributed by atoms with van der Waals surface area (Å²) in [5.41, 5.74) is 6.74. The van der Waals surface area contributed by atoms with Gasteiger partial charge in [-0.1, -0.05) is 35.5 Å². The molecule has 0 amide bonds. The van der Waals surface area contributed by atoms with Gasteiger partial charge in [0.1, 0.15) is 0 Å². The minimum Gasteiger partial charge on any atom is -0.383 e. The standard InChI is InChI=1S/C12H15N3O2/c1-16-8-10(13)7-11-14-12(15-17-11)9-5-3-2-4-6-9/h2-6,10H,7-8,13H2,1H3. The second kappa shape index (κ2) is 5.56. The van der Waals surface area contributed by atoms with E-state index in [2.05, 4.69) is 10.1 Å². The smallest absolute Gasteiger partial charge is 0.228 e. The number of nitrogens with zero attached hydrogens (tertiary/aromatic N) is 2. The van der Waals surface area contributed by atoms with Crippen LogP contribution >= 0.6 is 0 Å². The molecule has 0 saturated heterocycles. The number of hydrogen-bond donors (Lipinski definition) is 1. The van der Waals surface area contributed by atoms with Gasteiger partial charge in [0.2, 0.25) is 11.7 Å². The molecule has 0 bridgehead atoms. The number of methoxy groups -OCH3 is 1. The van der Waals surface area contributed by atoms with Crippen molar-refractivity contribution in [2.24, 2.45) is 5.73 Å². The maximum atomic E-state index is 5.81. The van der Waals surface area contributed by atoms with E-state index in [0.29, 0.717) is 24.7 Å². The van der Waals surface area contributed by atoms with Gasteiger partial charge in [0.25, 0.3) is 0 Å². The highest BCUT2D eigenvalue weighted by atomic mass is 16.5. The molecule has 90 valence electrons. The second-order valence-electron chi connectivity index (χ2n) is 3.80. The SMILES string of the molecule is COCC(N)Cc1nc(-c2ccccc2)no1. The summed E-state index contributed by atoms with van der Waals surface area (Å²) >= 11 is 0. The normalized spacial score (nSPS) is 12.6. The van der Waals surface area contributed by atoms with Crippen molar-refractivity contribution in [2.45, 2.75) is 12.5 Å². The Morgan fingerprint density at radius 3 is 2.82 bits per heavy atom. The van der Waals surface area contributed by atoms with E-state index in [1.165, 1.54) is 0 Å². The van der Waals surface area contributed by atoms with Gasteiger partial charge in [0.15, 0.2) is 0 Å². The van der Waals surface area contributed by atoms with Crippen molar-refractivity contribution in [1.82, 2.24) is 10.1 Å². The van der Waals surface area contributed by atoms with Gasteiger partial charge in [-0.05, 0) is 0 Å². The summed E-state index contributed by atoms with van der Waals surface area (Å²) in [5.74, 6) is 1.12. The number of aromatic nitrogens is 2. The minimum absolute atomic E-state index is 0.121. The lowest BCUT2D eigenvalue weighted by Crippen LogP contribution is -2.28. The predicted molar refractivity (Wildman–Crippen MR) is 63.3 cm³/mol. The first-order chi connectivity index (χ1) is 8.29. The van der Waals surface area contributed by atoms with E-state index >= 15 is 0 Å². The number of benzene rings is 1. The highest BCUT2D eigenvalue weighted by Gasteiger charge is 2.11. The Morgan fingerprint density at radius 2 is 2.12 bits per heavy atom. The third-order valence-electron chi connectivity index (χ3n) is 2.32. The average molecular weight is 233 g/mol. The van der Waals surface area contributed by atoms with E-state index in [0.717, 1.165) is 5.56 Å². The molecule has 1 atom stereocenters. The molecular formula is C12H15N3O2. The van der Waals surface area contributed by atoms with Gasteiger partial charge in [-0.3, -0.25) is 0 Å². The van der Waals surface area contributed by atoms with Gasteiger partial charge in [-0.15, -0.1) is 0 Å². The van der Waals surface area contributed by atoms with Gasteiger partial charge in [0, 0.05) is 25.1 Å². The molecule has 1 aromatic carbocycles. The molecule has 5 nitrogen and oxygen atoms in total. The number of hydrogen-bond acceptors (Lipinski definition) is 5. The molecule has 0 spiro atoms. The Hall–Kier alpha value is -1.72. The van der Waals surface area contributed by atoms with Crippen molar-refractivity contribution in [1.29, 1.82) is 0 Å². The van der Waals surface area contributed by atoms with E-state index in [9.17, 15) is 0 Å². The zero-order valence-corrected chi connectivity index (χ0v) is 9.67. The Balaban J connectivity index is 2.06. The summed E-state index contributed by atoms with van der Waals surface area (Å²) in [4.78, 5) is 4.29. The van der Waals surface area contributed by atoms with E-state index in [4.69, 9.17) is 15.0 Å². The third-order valence-corrected chi connectivity index (χ3v) is 2.32. The molecule has 5 heteroatoms. The van der Waals surface area contributed by atoms with Crippen molar-refractivity contribution in [2.75, 3.05) is 13.7 Å². The summed E-state index contributed by atoms with van der Waals surface area (Å²) < 4.78 is 10.1. The first-order valence-electron chi connectivity index (χ1n) is 5.42. The molecule has 2 aromatic rings. The van der Waals surface area contributed by atoms with Gasteiger partial charge >= 0.3 is 0 Å². The molecule has 17 heavy (non-hydrogen) atoms. The number of nitrogens with two attached hydrogens (primary N) is 1. The summed E-state index contributed by atoms with van der Waals surface area (Å²) in [7, 11) is 1.61. The van der Waals surface area contributed by atoms with Crippen molar-refractivity contribution in [3.05, 3.63) is 36.2 Å². The Morgan fingerprint density at radius 1 is 1.35 bits per heavy atom. The molecule has 0 radical (unpaired) electrons. The second-order valence-corrected chi connectivity index (χ2v) is 3.80. The maximum Gasteiger partial charge on any atom is 0.228 e.